The third-order valence-corrected chi connectivity index (χ3v) is 8.08. The zero-order valence-corrected chi connectivity index (χ0v) is 22.9. The highest BCUT2D eigenvalue weighted by molar-refractivity contribution is 7.21. The molecule has 2 aliphatic heterocycles. The lowest BCUT2D eigenvalue weighted by Gasteiger charge is -2.37. The summed E-state index contributed by atoms with van der Waals surface area (Å²) in [5.41, 5.74) is 7.56. The van der Waals surface area contributed by atoms with Crippen molar-refractivity contribution in [1.82, 2.24) is 15.2 Å². The molecule has 8 nitrogen and oxygen atoms in total. The summed E-state index contributed by atoms with van der Waals surface area (Å²) in [6.45, 7) is 8.23. The van der Waals surface area contributed by atoms with Crippen LogP contribution in [0.1, 0.15) is 60.0 Å². The summed E-state index contributed by atoms with van der Waals surface area (Å²) in [4.78, 5) is 31.7. The van der Waals surface area contributed by atoms with Crippen molar-refractivity contribution in [2.75, 3.05) is 25.4 Å². The molecular formula is C28H33FN4O4S. The molecule has 38 heavy (non-hydrogen) atoms. The van der Waals surface area contributed by atoms with Gasteiger partial charge in [-0.05, 0) is 62.9 Å². The molecule has 0 radical (unpaired) electrons. The number of aromatic nitrogens is 1. The number of amides is 2. The Morgan fingerprint density at radius 3 is 2.71 bits per heavy atom. The number of fused-ring (bicyclic) bond motifs is 2. The van der Waals surface area contributed by atoms with Gasteiger partial charge in [0.25, 0.3) is 5.91 Å². The molecule has 1 saturated heterocycles. The smallest absolute Gasteiger partial charge is 0.410 e. The largest absolute Gasteiger partial charge is 0.491 e. The number of thiophene rings is 1. The van der Waals surface area contributed by atoms with E-state index in [-0.39, 0.29) is 44.5 Å². The van der Waals surface area contributed by atoms with Crippen molar-refractivity contribution in [2.45, 2.75) is 64.3 Å². The molecule has 1 aromatic carbocycles. The van der Waals surface area contributed by atoms with E-state index in [0.29, 0.717) is 33.8 Å². The van der Waals surface area contributed by atoms with Crippen LogP contribution in [0.2, 0.25) is 0 Å². The number of alkyl halides is 1. The van der Waals surface area contributed by atoms with Gasteiger partial charge in [-0.25, -0.2) is 9.18 Å². The van der Waals surface area contributed by atoms with Gasteiger partial charge >= 0.3 is 6.09 Å². The molecule has 0 unspecified atom stereocenters. The van der Waals surface area contributed by atoms with E-state index in [2.05, 4.69) is 10.3 Å². The molecule has 10 heteroatoms. The van der Waals surface area contributed by atoms with Gasteiger partial charge in [-0.15, -0.1) is 11.3 Å². The van der Waals surface area contributed by atoms with Gasteiger partial charge in [0.2, 0.25) is 0 Å². The molecule has 4 heterocycles. The summed E-state index contributed by atoms with van der Waals surface area (Å²) in [5, 5.41) is 3.02. The minimum Gasteiger partial charge on any atom is -0.491 e. The molecule has 5 rings (SSSR count). The predicted molar refractivity (Wildman–Crippen MR) is 145 cm³/mol. The summed E-state index contributed by atoms with van der Waals surface area (Å²) < 4.78 is 28.2. The van der Waals surface area contributed by atoms with Crippen LogP contribution < -0.4 is 15.8 Å². The second kappa shape index (κ2) is 9.72. The van der Waals surface area contributed by atoms with E-state index in [1.165, 1.54) is 11.3 Å². The van der Waals surface area contributed by atoms with Crippen LogP contribution in [0, 0.1) is 6.92 Å². The normalized spacial score (nSPS) is 19.0. The fourth-order valence-electron chi connectivity index (χ4n) is 4.92. The number of piperidine rings is 1. The number of pyridine rings is 1. The van der Waals surface area contributed by atoms with Gasteiger partial charge in [0.15, 0.2) is 0 Å². The molecule has 2 aromatic heterocycles. The fourth-order valence-corrected chi connectivity index (χ4v) is 6.00. The average Bonchev–Trinajstić information content (AvgIpc) is 3.18. The first-order chi connectivity index (χ1) is 17.9. The van der Waals surface area contributed by atoms with E-state index in [1.807, 2.05) is 39.8 Å². The number of carbonyl (C=O) groups is 2. The van der Waals surface area contributed by atoms with Crippen LogP contribution in [-0.4, -0.2) is 53.2 Å². The molecule has 1 atom stereocenters. The molecule has 202 valence electrons. The summed E-state index contributed by atoms with van der Waals surface area (Å²) in [6, 6.07) is 7.14. The van der Waals surface area contributed by atoms with Crippen molar-refractivity contribution in [3.63, 3.8) is 0 Å². The van der Waals surface area contributed by atoms with Gasteiger partial charge in [-0.3, -0.25) is 9.78 Å². The summed E-state index contributed by atoms with van der Waals surface area (Å²) in [5.74, 6) is 0.372. The number of anilines is 1. The Balaban J connectivity index is 1.22. The molecule has 3 N–H and O–H groups in total. The van der Waals surface area contributed by atoms with Crippen LogP contribution in [0.5, 0.6) is 5.75 Å². The number of carbonyl (C=O) groups excluding carboxylic acids is 2. The number of halogens is 1. The number of nitrogens with one attached hydrogen (secondary N) is 1. The maximum atomic E-state index is 15.9. The van der Waals surface area contributed by atoms with Gasteiger partial charge in [0, 0.05) is 32.1 Å². The van der Waals surface area contributed by atoms with E-state index in [9.17, 15) is 9.59 Å². The highest BCUT2D eigenvalue weighted by Crippen LogP contribution is 2.40. The minimum absolute atomic E-state index is 0.189. The van der Waals surface area contributed by atoms with Crippen LogP contribution in [0.25, 0.3) is 10.2 Å². The van der Waals surface area contributed by atoms with Crippen molar-refractivity contribution >= 4 is 39.2 Å². The van der Waals surface area contributed by atoms with Crippen LogP contribution in [0.3, 0.4) is 0 Å². The molecule has 0 aliphatic carbocycles. The number of nitrogen functional groups attached to an aromatic ring is 1. The summed E-state index contributed by atoms with van der Waals surface area (Å²) >= 11 is 1.33. The Hall–Kier alpha value is -3.40. The predicted octanol–water partition coefficient (Wildman–Crippen LogP) is 5.12. The first-order valence-electron chi connectivity index (χ1n) is 12.8. The minimum atomic E-state index is -1.55. The fraction of sp³-hybridized carbons (Fsp3) is 0.464. The number of ether oxygens (including phenoxy) is 2. The molecule has 1 fully saturated rings. The number of nitrogens with zero attached hydrogens (tertiary/aromatic N) is 2. The molecule has 2 amide bonds. The van der Waals surface area contributed by atoms with Gasteiger partial charge in [0.05, 0.1) is 16.4 Å². The van der Waals surface area contributed by atoms with Crippen molar-refractivity contribution in [2.24, 2.45) is 0 Å². The quantitative estimate of drug-likeness (QED) is 0.478. The lowest BCUT2D eigenvalue weighted by Crippen LogP contribution is -2.45. The monoisotopic (exact) mass is 540 g/mol. The summed E-state index contributed by atoms with van der Waals surface area (Å²) in [7, 11) is 0. The number of benzene rings is 1. The van der Waals surface area contributed by atoms with Gasteiger partial charge in [0.1, 0.15) is 34.0 Å². The van der Waals surface area contributed by atoms with Crippen LogP contribution in [-0.2, 0) is 16.8 Å². The Morgan fingerprint density at radius 2 is 2.00 bits per heavy atom. The average molecular weight is 541 g/mol. The van der Waals surface area contributed by atoms with E-state index in [4.69, 9.17) is 15.2 Å². The van der Waals surface area contributed by atoms with Crippen LogP contribution in [0.4, 0.5) is 14.9 Å². The Kier molecular flexibility index (Phi) is 6.71. The first-order valence-corrected chi connectivity index (χ1v) is 13.6. The zero-order valence-electron chi connectivity index (χ0n) is 22.1. The standard InChI is InChI=1S/C28H33FN4O4S/c1-16-11-21-23(31-14-16)22(30)24(38-21)25(34)32-19-12-17-5-6-18(13-20(17)36-15-19)28(29)7-9-33(10-8-28)26(35)37-27(2,3)4/h5-6,11,13-14,19H,7-10,12,15,30H2,1-4H3,(H,32,34)/t19-/m1/s1. The van der Waals surface area contributed by atoms with Crippen molar-refractivity contribution in [3.8, 4) is 5.75 Å². The first kappa shape index (κ1) is 26.2. The van der Waals surface area contributed by atoms with Crippen molar-refractivity contribution < 1.29 is 23.5 Å². The lowest BCUT2D eigenvalue weighted by atomic mass is 9.85. The van der Waals surface area contributed by atoms with Crippen LogP contribution >= 0.6 is 11.3 Å². The molecule has 0 spiro atoms. The molecule has 2 aliphatic rings. The Morgan fingerprint density at radius 1 is 1.26 bits per heavy atom. The third kappa shape index (κ3) is 5.27. The number of hydrogen-bond donors (Lipinski definition) is 2. The van der Waals surface area contributed by atoms with Crippen molar-refractivity contribution in [3.05, 3.63) is 52.0 Å². The van der Waals surface area contributed by atoms with Gasteiger partial charge < -0.3 is 25.4 Å². The summed E-state index contributed by atoms with van der Waals surface area (Å²) in [6.07, 6.45) is 2.27. The highest BCUT2D eigenvalue weighted by atomic mass is 32.1. The topological polar surface area (TPSA) is 107 Å². The molecular weight excluding hydrogens is 507 g/mol. The maximum Gasteiger partial charge on any atom is 0.410 e. The second-order valence-electron chi connectivity index (χ2n) is 11.1. The molecule has 0 bridgehead atoms. The zero-order chi connectivity index (χ0) is 27.2. The van der Waals surface area contributed by atoms with E-state index in [0.717, 1.165) is 15.8 Å². The van der Waals surface area contributed by atoms with E-state index < -0.39 is 17.4 Å². The Bertz CT molecular complexity index is 1390. The van der Waals surface area contributed by atoms with Gasteiger partial charge in [-0.1, -0.05) is 12.1 Å². The number of aryl methyl sites for hydroxylation is 1. The maximum absolute atomic E-state index is 15.9. The van der Waals surface area contributed by atoms with Crippen molar-refractivity contribution in [1.29, 1.82) is 0 Å². The number of rotatable bonds is 3. The Labute approximate surface area is 225 Å². The molecule has 3 aromatic rings. The van der Waals surface area contributed by atoms with Gasteiger partial charge in [-0.2, -0.15) is 0 Å². The number of hydrogen-bond acceptors (Lipinski definition) is 7. The number of likely N-dealkylation sites (tertiary alicyclic amines) is 1. The third-order valence-electron chi connectivity index (χ3n) is 6.94. The number of nitrogens with two attached hydrogens (primary N) is 1. The second-order valence-corrected chi connectivity index (χ2v) is 12.2. The molecule has 0 saturated carbocycles. The van der Waals surface area contributed by atoms with E-state index >= 15 is 4.39 Å². The highest BCUT2D eigenvalue weighted by Gasteiger charge is 2.39. The lowest BCUT2D eigenvalue weighted by molar-refractivity contribution is 0.00212. The van der Waals surface area contributed by atoms with Crippen LogP contribution in [0.15, 0.2) is 30.5 Å². The van der Waals surface area contributed by atoms with E-state index in [1.54, 1.807) is 23.2 Å². The SMILES string of the molecule is Cc1cnc2c(N)c(C(=O)N[C@H]3COc4cc(C5(F)CCN(C(=O)OC(C)(C)C)CC5)ccc4C3)sc2c1.